The van der Waals surface area contributed by atoms with Crippen molar-refractivity contribution in [3.05, 3.63) is 54.1 Å². The minimum absolute atomic E-state index is 0.194. The number of carbonyl (C=O) groups excluding carboxylic acids is 1. The van der Waals surface area contributed by atoms with Gasteiger partial charge in [-0.3, -0.25) is 9.69 Å². The van der Waals surface area contributed by atoms with Crippen LogP contribution >= 0.6 is 0 Å². The average molecular weight is 340 g/mol. The Kier molecular flexibility index (Phi) is 5.53. The summed E-state index contributed by atoms with van der Waals surface area (Å²) < 4.78 is 2.26. The zero-order valence-electron chi connectivity index (χ0n) is 15.4. The molecule has 0 aliphatic carbocycles. The topological polar surface area (TPSA) is 41.4 Å². The van der Waals surface area contributed by atoms with Crippen LogP contribution in [-0.2, 0) is 11.2 Å². The molecule has 0 N–H and O–H groups in total. The van der Waals surface area contributed by atoms with E-state index in [9.17, 15) is 4.79 Å². The minimum atomic E-state index is -0.228. The third kappa shape index (κ3) is 3.76. The van der Waals surface area contributed by atoms with E-state index in [0.717, 1.165) is 43.7 Å². The summed E-state index contributed by atoms with van der Waals surface area (Å²) in [5.41, 5.74) is 1.05. The largest absolute Gasteiger partial charge is 0.339 e. The van der Waals surface area contributed by atoms with Crippen molar-refractivity contribution in [3.8, 4) is 0 Å². The van der Waals surface area contributed by atoms with Gasteiger partial charge in [0.2, 0.25) is 5.91 Å². The fraction of sp³-hybridized carbons (Fsp3) is 0.500. The number of hydrogen-bond acceptors (Lipinski definition) is 3. The van der Waals surface area contributed by atoms with Gasteiger partial charge in [0.15, 0.2) is 0 Å². The fourth-order valence-electron chi connectivity index (χ4n) is 3.80. The van der Waals surface area contributed by atoms with Gasteiger partial charge >= 0.3 is 0 Å². The second-order valence-corrected chi connectivity index (χ2v) is 6.96. The summed E-state index contributed by atoms with van der Waals surface area (Å²) >= 11 is 0. The SMILES string of the molecule is CCc1nccn1[C@H]1CCCN(C(=O)[C@@H](c2ccccc2)N(C)C)C1. The molecule has 2 heterocycles. The highest BCUT2D eigenvalue weighted by atomic mass is 16.2. The number of aryl methyl sites for hydroxylation is 1. The summed E-state index contributed by atoms with van der Waals surface area (Å²) in [6.07, 6.45) is 6.98. The standard InChI is InChI=1S/C20H28N4O/c1-4-18-21-12-14-24(18)17-11-8-13-23(15-17)20(25)19(22(2)3)16-9-6-5-7-10-16/h5-7,9-10,12,14,17,19H,4,8,11,13,15H2,1-3H3/t17-,19+/m0/s1. The summed E-state index contributed by atoms with van der Waals surface area (Å²) in [4.78, 5) is 21.8. The Morgan fingerprint density at radius 2 is 2.08 bits per heavy atom. The Hall–Kier alpha value is -2.14. The summed E-state index contributed by atoms with van der Waals surface area (Å²) in [5.74, 6) is 1.30. The first-order valence-corrected chi connectivity index (χ1v) is 9.13. The van der Waals surface area contributed by atoms with Gasteiger partial charge in [0.1, 0.15) is 11.9 Å². The van der Waals surface area contributed by atoms with Crippen molar-refractivity contribution >= 4 is 5.91 Å². The van der Waals surface area contributed by atoms with Crippen molar-refractivity contribution in [2.75, 3.05) is 27.2 Å². The lowest BCUT2D eigenvalue weighted by Crippen LogP contribution is -2.46. The molecule has 1 aliphatic rings. The highest BCUT2D eigenvalue weighted by molar-refractivity contribution is 5.83. The summed E-state index contributed by atoms with van der Waals surface area (Å²) in [6.45, 7) is 3.73. The van der Waals surface area contributed by atoms with Crippen molar-refractivity contribution in [1.82, 2.24) is 19.4 Å². The number of amides is 1. The summed E-state index contributed by atoms with van der Waals surface area (Å²) in [7, 11) is 3.95. The Morgan fingerprint density at radius 1 is 1.32 bits per heavy atom. The molecule has 1 aromatic carbocycles. The lowest BCUT2D eigenvalue weighted by molar-refractivity contribution is -0.138. The molecule has 25 heavy (non-hydrogen) atoms. The normalized spacial score (nSPS) is 19.2. The first-order chi connectivity index (χ1) is 12.1. The molecule has 0 radical (unpaired) electrons. The van der Waals surface area contributed by atoms with Gasteiger partial charge in [-0.25, -0.2) is 4.98 Å². The second-order valence-electron chi connectivity index (χ2n) is 6.96. The van der Waals surface area contributed by atoms with Crippen LogP contribution in [0.15, 0.2) is 42.7 Å². The first kappa shape index (κ1) is 17.7. The van der Waals surface area contributed by atoms with Crippen LogP contribution in [0.3, 0.4) is 0 Å². The number of aromatic nitrogens is 2. The Morgan fingerprint density at radius 3 is 2.76 bits per heavy atom. The Labute approximate surface area is 150 Å². The molecular formula is C20H28N4O. The summed E-state index contributed by atoms with van der Waals surface area (Å²) in [6, 6.07) is 10.2. The molecule has 134 valence electrons. The number of carbonyl (C=O) groups is 1. The van der Waals surface area contributed by atoms with E-state index >= 15 is 0 Å². The molecule has 3 rings (SSSR count). The number of nitrogens with zero attached hydrogens (tertiary/aromatic N) is 4. The molecule has 1 aromatic heterocycles. The Bertz CT molecular complexity index is 695. The molecule has 1 fully saturated rings. The van der Waals surface area contributed by atoms with Crippen LogP contribution in [0.4, 0.5) is 0 Å². The molecule has 0 bridgehead atoms. The van der Waals surface area contributed by atoms with E-state index in [1.807, 2.05) is 60.4 Å². The van der Waals surface area contributed by atoms with Gasteiger partial charge in [0.25, 0.3) is 0 Å². The molecule has 1 aliphatic heterocycles. The lowest BCUT2D eigenvalue weighted by Gasteiger charge is -2.37. The van der Waals surface area contributed by atoms with E-state index in [-0.39, 0.29) is 11.9 Å². The van der Waals surface area contributed by atoms with Crippen molar-refractivity contribution in [2.24, 2.45) is 0 Å². The van der Waals surface area contributed by atoms with Gasteiger partial charge in [0.05, 0.1) is 6.04 Å². The highest BCUT2D eigenvalue weighted by Crippen LogP contribution is 2.27. The van der Waals surface area contributed by atoms with Crippen LogP contribution in [0.2, 0.25) is 0 Å². The molecule has 5 nitrogen and oxygen atoms in total. The van der Waals surface area contributed by atoms with Crippen LogP contribution in [-0.4, -0.2) is 52.4 Å². The van der Waals surface area contributed by atoms with E-state index in [4.69, 9.17) is 0 Å². The van der Waals surface area contributed by atoms with Crippen molar-refractivity contribution in [3.63, 3.8) is 0 Å². The van der Waals surface area contributed by atoms with Crippen LogP contribution in [0.1, 0.15) is 43.2 Å². The third-order valence-corrected chi connectivity index (χ3v) is 5.03. The number of likely N-dealkylation sites (N-methyl/N-ethyl adjacent to an activating group) is 1. The number of imidazole rings is 1. The van der Waals surface area contributed by atoms with Gasteiger partial charge in [0, 0.05) is 31.9 Å². The number of rotatable bonds is 5. The van der Waals surface area contributed by atoms with Gasteiger partial charge in [-0.05, 0) is 32.5 Å². The highest BCUT2D eigenvalue weighted by Gasteiger charge is 2.32. The van der Waals surface area contributed by atoms with E-state index in [2.05, 4.69) is 22.7 Å². The van der Waals surface area contributed by atoms with Gasteiger partial charge < -0.3 is 9.47 Å². The van der Waals surface area contributed by atoms with Crippen LogP contribution < -0.4 is 0 Å². The molecule has 2 atom stereocenters. The molecule has 0 spiro atoms. The zero-order chi connectivity index (χ0) is 17.8. The van der Waals surface area contributed by atoms with Gasteiger partial charge in [-0.1, -0.05) is 37.3 Å². The molecule has 0 unspecified atom stereocenters. The average Bonchev–Trinajstić information content (AvgIpc) is 3.11. The zero-order valence-corrected chi connectivity index (χ0v) is 15.4. The number of piperidine rings is 1. The van der Waals surface area contributed by atoms with E-state index in [1.165, 1.54) is 0 Å². The van der Waals surface area contributed by atoms with E-state index in [1.54, 1.807) is 0 Å². The molecular weight excluding hydrogens is 312 g/mol. The smallest absolute Gasteiger partial charge is 0.244 e. The van der Waals surface area contributed by atoms with Crippen LogP contribution in [0.25, 0.3) is 0 Å². The quantitative estimate of drug-likeness (QED) is 0.840. The van der Waals surface area contributed by atoms with E-state index < -0.39 is 0 Å². The number of benzene rings is 1. The molecule has 0 saturated carbocycles. The molecule has 5 heteroatoms. The first-order valence-electron chi connectivity index (χ1n) is 9.13. The molecule has 2 aromatic rings. The maximum Gasteiger partial charge on any atom is 0.244 e. The third-order valence-electron chi connectivity index (χ3n) is 5.03. The lowest BCUT2D eigenvalue weighted by atomic mass is 10.0. The van der Waals surface area contributed by atoms with Crippen LogP contribution in [0, 0.1) is 0 Å². The second kappa shape index (κ2) is 7.83. The Balaban J connectivity index is 1.79. The van der Waals surface area contributed by atoms with Crippen LogP contribution in [0.5, 0.6) is 0 Å². The van der Waals surface area contributed by atoms with Gasteiger partial charge in [-0.2, -0.15) is 0 Å². The predicted octanol–water partition coefficient (Wildman–Crippen LogP) is 2.91. The van der Waals surface area contributed by atoms with Crippen molar-refractivity contribution in [1.29, 1.82) is 0 Å². The molecule has 1 saturated heterocycles. The minimum Gasteiger partial charge on any atom is -0.339 e. The van der Waals surface area contributed by atoms with Crippen molar-refractivity contribution < 1.29 is 4.79 Å². The summed E-state index contributed by atoms with van der Waals surface area (Å²) in [5, 5.41) is 0. The van der Waals surface area contributed by atoms with E-state index in [0.29, 0.717) is 6.04 Å². The monoisotopic (exact) mass is 340 g/mol. The number of likely N-dealkylation sites (tertiary alicyclic amines) is 1. The maximum atomic E-state index is 13.3. The van der Waals surface area contributed by atoms with Crippen molar-refractivity contribution in [2.45, 2.75) is 38.3 Å². The predicted molar refractivity (Wildman–Crippen MR) is 99.3 cm³/mol. The molecule has 1 amide bonds. The number of hydrogen-bond donors (Lipinski definition) is 0. The maximum absolute atomic E-state index is 13.3. The van der Waals surface area contributed by atoms with Gasteiger partial charge in [-0.15, -0.1) is 0 Å². The fourth-order valence-corrected chi connectivity index (χ4v) is 3.80.